The average Bonchev–Trinajstić information content (AvgIpc) is 3.09. The standard InChI is InChI=1S/C19H23N5O2S/c1-2-3-4-12-17-23-24-19(27-17)22-16(25)11-7-10-15-20-14-9-6-5-8-13(14)18(26)21-15/h5-6,8-9H,2-4,7,10-12H2,1H3,(H,20,21,26)(H,22,24,25). The number of hydrogen-bond donors (Lipinski definition) is 2. The lowest BCUT2D eigenvalue weighted by Gasteiger charge is -2.03. The second-order valence-electron chi connectivity index (χ2n) is 6.39. The van der Waals surface area contributed by atoms with E-state index in [1.807, 2.05) is 18.2 Å². The number of aromatic amines is 1. The van der Waals surface area contributed by atoms with Gasteiger partial charge < -0.3 is 10.3 Å². The molecule has 1 amide bonds. The fraction of sp³-hybridized carbons (Fsp3) is 0.421. The summed E-state index contributed by atoms with van der Waals surface area (Å²) >= 11 is 1.43. The van der Waals surface area contributed by atoms with E-state index in [1.165, 1.54) is 24.2 Å². The maximum Gasteiger partial charge on any atom is 0.258 e. The van der Waals surface area contributed by atoms with Gasteiger partial charge >= 0.3 is 0 Å². The summed E-state index contributed by atoms with van der Waals surface area (Å²) in [6, 6.07) is 7.22. The number of nitrogens with zero attached hydrogens (tertiary/aromatic N) is 3. The lowest BCUT2D eigenvalue weighted by atomic mass is 10.2. The van der Waals surface area contributed by atoms with Crippen molar-refractivity contribution in [2.24, 2.45) is 0 Å². The first kappa shape index (κ1) is 19.2. The molecule has 0 spiro atoms. The normalized spacial score (nSPS) is 11.0. The molecule has 0 saturated carbocycles. The number of H-pyrrole nitrogens is 1. The summed E-state index contributed by atoms with van der Waals surface area (Å²) in [6.45, 7) is 2.16. The largest absolute Gasteiger partial charge is 0.310 e. The number of fused-ring (bicyclic) bond motifs is 1. The summed E-state index contributed by atoms with van der Waals surface area (Å²) in [5, 5.41) is 13.0. The second-order valence-corrected chi connectivity index (χ2v) is 7.45. The Morgan fingerprint density at radius 3 is 2.85 bits per heavy atom. The minimum absolute atomic E-state index is 0.102. The van der Waals surface area contributed by atoms with Gasteiger partial charge in [-0.05, 0) is 25.0 Å². The van der Waals surface area contributed by atoms with Gasteiger partial charge in [0.15, 0.2) is 0 Å². The number of unbranched alkanes of at least 4 members (excludes halogenated alkanes) is 2. The number of para-hydroxylation sites is 1. The summed E-state index contributed by atoms with van der Waals surface area (Å²) in [7, 11) is 0. The van der Waals surface area contributed by atoms with Crippen molar-refractivity contribution in [1.82, 2.24) is 20.2 Å². The molecular weight excluding hydrogens is 362 g/mol. The van der Waals surface area contributed by atoms with E-state index in [0.717, 1.165) is 17.8 Å². The highest BCUT2D eigenvalue weighted by molar-refractivity contribution is 7.15. The average molecular weight is 385 g/mol. The monoisotopic (exact) mass is 385 g/mol. The highest BCUT2D eigenvalue weighted by Crippen LogP contribution is 2.18. The predicted octanol–water partition coefficient (Wildman–Crippen LogP) is 3.47. The van der Waals surface area contributed by atoms with Crippen LogP contribution in [0.15, 0.2) is 29.1 Å². The van der Waals surface area contributed by atoms with Crippen LogP contribution >= 0.6 is 11.3 Å². The highest BCUT2D eigenvalue weighted by Gasteiger charge is 2.09. The van der Waals surface area contributed by atoms with Crippen LogP contribution in [-0.2, 0) is 17.6 Å². The predicted molar refractivity (Wildman–Crippen MR) is 107 cm³/mol. The second kappa shape index (κ2) is 9.36. The van der Waals surface area contributed by atoms with Gasteiger partial charge in [0.25, 0.3) is 5.56 Å². The molecule has 0 aliphatic rings. The van der Waals surface area contributed by atoms with Crippen molar-refractivity contribution < 1.29 is 4.79 Å². The molecule has 0 saturated heterocycles. The highest BCUT2D eigenvalue weighted by atomic mass is 32.1. The molecule has 2 heterocycles. The van der Waals surface area contributed by atoms with Crippen molar-refractivity contribution >= 4 is 33.3 Å². The molecule has 7 nitrogen and oxygen atoms in total. The van der Waals surface area contributed by atoms with E-state index < -0.39 is 0 Å². The van der Waals surface area contributed by atoms with Crippen molar-refractivity contribution in [3.8, 4) is 0 Å². The smallest absolute Gasteiger partial charge is 0.258 e. The van der Waals surface area contributed by atoms with Crippen LogP contribution in [0.1, 0.15) is 49.9 Å². The Bertz CT molecular complexity index is 966. The number of carbonyl (C=O) groups excluding carboxylic acids is 1. The van der Waals surface area contributed by atoms with Crippen LogP contribution in [0.2, 0.25) is 0 Å². The number of nitrogens with one attached hydrogen (secondary N) is 2. The third-order valence-corrected chi connectivity index (χ3v) is 5.09. The molecule has 0 atom stereocenters. The van der Waals surface area contributed by atoms with Crippen molar-refractivity contribution in [1.29, 1.82) is 0 Å². The molecule has 0 aliphatic heterocycles. The quantitative estimate of drug-likeness (QED) is 0.549. The lowest BCUT2D eigenvalue weighted by molar-refractivity contribution is -0.116. The number of anilines is 1. The van der Waals surface area contributed by atoms with Gasteiger partial charge in [0, 0.05) is 19.3 Å². The molecule has 0 aliphatic carbocycles. The van der Waals surface area contributed by atoms with Crippen LogP contribution in [-0.4, -0.2) is 26.1 Å². The topological polar surface area (TPSA) is 101 Å². The number of benzene rings is 1. The summed E-state index contributed by atoms with van der Waals surface area (Å²) < 4.78 is 0. The molecule has 0 bridgehead atoms. The number of carbonyl (C=O) groups is 1. The van der Waals surface area contributed by atoms with Crippen LogP contribution in [0, 0.1) is 0 Å². The van der Waals surface area contributed by atoms with Crippen LogP contribution in [0.3, 0.4) is 0 Å². The first-order valence-corrected chi connectivity index (χ1v) is 10.1. The Morgan fingerprint density at radius 2 is 2.00 bits per heavy atom. The van der Waals surface area contributed by atoms with Crippen LogP contribution < -0.4 is 10.9 Å². The number of amides is 1. The molecule has 3 aromatic rings. The summed E-state index contributed by atoms with van der Waals surface area (Å²) in [5.41, 5.74) is 0.523. The van der Waals surface area contributed by atoms with Crippen molar-refractivity contribution in [2.45, 2.75) is 51.9 Å². The zero-order valence-electron chi connectivity index (χ0n) is 15.3. The SMILES string of the molecule is CCCCCc1nnc(NC(=O)CCCc2nc3ccccc3c(=O)[nH]2)s1. The number of aromatic nitrogens is 4. The van der Waals surface area contributed by atoms with Gasteiger partial charge in [-0.2, -0.15) is 0 Å². The van der Waals surface area contributed by atoms with Crippen LogP contribution in [0.25, 0.3) is 10.9 Å². The Labute approximate surface area is 161 Å². The molecule has 0 radical (unpaired) electrons. The Morgan fingerprint density at radius 1 is 1.15 bits per heavy atom. The molecule has 1 aromatic carbocycles. The van der Waals surface area contributed by atoms with E-state index in [0.29, 0.717) is 41.1 Å². The molecule has 0 fully saturated rings. The van der Waals surface area contributed by atoms with E-state index in [1.54, 1.807) is 6.07 Å². The fourth-order valence-electron chi connectivity index (χ4n) is 2.78. The molecule has 3 rings (SSSR count). The first-order valence-electron chi connectivity index (χ1n) is 9.26. The number of aryl methyl sites for hydroxylation is 2. The van der Waals surface area contributed by atoms with Crippen molar-refractivity contribution in [2.75, 3.05) is 5.32 Å². The molecule has 27 heavy (non-hydrogen) atoms. The Hall–Kier alpha value is -2.61. The Balaban J connectivity index is 1.48. The van der Waals surface area contributed by atoms with E-state index in [9.17, 15) is 9.59 Å². The van der Waals surface area contributed by atoms with Gasteiger partial charge in [-0.25, -0.2) is 4.98 Å². The maximum absolute atomic E-state index is 12.1. The number of hydrogen-bond acceptors (Lipinski definition) is 6. The van der Waals surface area contributed by atoms with Gasteiger partial charge in [0.05, 0.1) is 10.9 Å². The molecule has 2 N–H and O–H groups in total. The lowest BCUT2D eigenvalue weighted by Crippen LogP contribution is -2.14. The van der Waals surface area contributed by atoms with Gasteiger partial charge in [0.1, 0.15) is 10.8 Å². The molecule has 2 aromatic heterocycles. The third kappa shape index (κ3) is 5.43. The summed E-state index contributed by atoms with van der Waals surface area (Å²) in [5.74, 6) is 0.495. The van der Waals surface area contributed by atoms with Gasteiger partial charge in [0.2, 0.25) is 11.0 Å². The molecule has 142 valence electrons. The molecule has 8 heteroatoms. The van der Waals surface area contributed by atoms with E-state index in [4.69, 9.17) is 0 Å². The third-order valence-electron chi connectivity index (χ3n) is 4.19. The molecule has 0 unspecified atom stereocenters. The van der Waals surface area contributed by atoms with Crippen molar-refractivity contribution in [3.63, 3.8) is 0 Å². The minimum Gasteiger partial charge on any atom is -0.310 e. The van der Waals surface area contributed by atoms with Gasteiger partial charge in [-0.1, -0.05) is 43.2 Å². The zero-order chi connectivity index (χ0) is 19.1. The Kier molecular flexibility index (Phi) is 6.64. The first-order chi connectivity index (χ1) is 13.2. The summed E-state index contributed by atoms with van der Waals surface area (Å²) in [6.07, 6.45) is 5.80. The summed E-state index contributed by atoms with van der Waals surface area (Å²) in [4.78, 5) is 31.4. The van der Waals surface area contributed by atoms with Gasteiger partial charge in [-0.3, -0.25) is 9.59 Å². The van der Waals surface area contributed by atoms with Crippen LogP contribution in [0.5, 0.6) is 0 Å². The van der Waals surface area contributed by atoms with E-state index in [2.05, 4.69) is 32.4 Å². The zero-order valence-corrected chi connectivity index (χ0v) is 16.1. The van der Waals surface area contributed by atoms with E-state index >= 15 is 0 Å². The minimum atomic E-state index is -0.149. The van der Waals surface area contributed by atoms with Crippen LogP contribution in [0.4, 0.5) is 5.13 Å². The van der Waals surface area contributed by atoms with Gasteiger partial charge in [-0.15, -0.1) is 10.2 Å². The maximum atomic E-state index is 12.1. The number of rotatable bonds is 9. The van der Waals surface area contributed by atoms with E-state index in [-0.39, 0.29) is 11.5 Å². The van der Waals surface area contributed by atoms with Crippen molar-refractivity contribution in [3.05, 3.63) is 45.5 Å². The molecular formula is C19H23N5O2S. The fourth-order valence-corrected chi connectivity index (χ4v) is 3.58.